The smallest absolute Gasteiger partial charge is 0.251 e. The van der Waals surface area contributed by atoms with E-state index in [4.69, 9.17) is 0 Å². The summed E-state index contributed by atoms with van der Waals surface area (Å²) in [5, 5.41) is 8.71. The maximum atomic E-state index is 12.0. The summed E-state index contributed by atoms with van der Waals surface area (Å²) in [5.41, 5.74) is 1.87. The van der Waals surface area contributed by atoms with E-state index in [0.29, 0.717) is 18.7 Å². The van der Waals surface area contributed by atoms with Crippen LogP contribution in [0.25, 0.3) is 0 Å². The predicted molar refractivity (Wildman–Crippen MR) is 101 cm³/mol. The van der Waals surface area contributed by atoms with Gasteiger partial charge in [-0.15, -0.1) is 12.4 Å². The van der Waals surface area contributed by atoms with E-state index < -0.39 is 0 Å². The molecule has 3 N–H and O–H groups in total. The molecule has 0 radical (unpaired) electrons. The first-order valence-corrected chi connectivity index (χ1v) is 8.20. The minimum absolute atomic E-state index is 0. The Morgan fingerprint density at radius 2 is 1.58 bits per heavy atom. The average molecular weight is 356 g/mol. The summed E-state index contributed by atoms with van der Waals surface area (Å²) in [6.45, 7) is 11.0. The van der Waals surface area contributed by atoms with Gasteiger partial charge in [0.2, 0.25) is 5.91 Å². The molecule has 1 aromatic carbocycles. The SMILES string of the molecule is CCNCCNC(=O)CCNC(=O)c1ccc(C(C)(C)C)cc1.Cl. The topological polar surface area (TPSA) is 70.2 Å². The zero-order chi connectivity index (χ0) is 17.3. The third-order valence-corrected chi connectivity index (χ3v) is 3.52. The van der Waals surface area contributed by atoms with Crippen molar-refractivity contribution in [2.45, 2.75) is 39.5 Å². The van der Waals surface area contributed by atoms with Gasteiger partial charge in [-0.1, -0.05) is 39.8 Å². The van der Waals surface area contributed by atoms with Crippen LogP contribution in [0, 0.1) is 0 Å². The van der Waals surface area contributed by atoms with Gasteiger partial charge >= 0.3 is 0 Å². The average Bonchev–Trinajstić information content (AvgIpc) is 2.51. The first kappa shape index (κ1) is 22.4. The fourth-order valence-corrected chi connectivity index (χ4v) is 2.07. The lowest BCUT2D eigenvalue weighted by Gasteiger charge is -2.19. The number of hydrogen-bond donors (Lipinski definition) is 3. The van der Waals surface area contributed by atoms with Crippen molar-refractivity contribution in [1.82, 2.24) is 16.0 Å². The molecule has 136 valence electrons. The molecule has 1 aromatic rings. The lowest BCUT2D eigenvalue weighted by atomic mass is 9.87. The first-order chi connectivity index (χ1) is 10.8. The van der Waals surface area contributed by atoms with Gasteiger partial charge in [0.1, 0.15) is 0 Å². The van der Waals surface area contributed by atoms with Crippen LogP contribution in [0.3, 0.4) is 0 Å². The molecule has 24 heavy (non-hydrogen) atoms. The molecular weight excluding hydrogens is 326 g/mol. The number of benzene rings is 1. The Bertz CT molecular complexity index is 510. The molecule has 0 spiro atoms. The summed E-state index contributed by atoms with van der Waals surface area (Å²) in [4.78, 5) is 23.6. The number of likely N-dealkylation sites (N-methyl/N-ethyl adjacent to an activating group) is 1. The third kappa shape index (κ3) is 8.31. The van der Waals surface area contributed by atoms with Crippen molar-refractivity contribution in [1.29, 1.82) is 0 Å². The summed E-state index contributed by atoms with van der Waals surface area (Å²) < 4.78 is 0. The van der Waals surface area contributed by atoms with Crippen LogP contribution in [0.15, 0.2) is 24.3 Å². The predicted octanol–water partition coefficient (Wildman–Crippen LogP) is 2.25. The number of nitrogens with one attached hydrogen (secondary N) is 3. The highest BCUT2D eigenvalue weighted by atomic mass is 35.5. The molecule has 0 saturated carbocycles. The second-order valence-corrected chi connectivity index (χ2v) is 6.54. The van der Waals surface area contributed by atoms with Crippen LogP contribution in [-0.2, 0) is 10.2 Å². The summed E-state index contributed by atoms with van der Waals surface area (Å²) in [5.74, 6) is -0.197. The molecule has 0 fully saturated rings. The number of hydrogen-bond acceptors (Lipinski definition) is 3. The Morgan fingerprint density at radius 1 is 0.958 bits per heavy atom. The Balaban J connectivity index is 0.00000529. The van der Waals surface area contributed by atoms with Gasteiger partial charge in [0.15, 0.2) is 0 Å². The minimum Gasteiger partial charge on any atom is -0.355 e. The molecule has 0 aliphatic heterocycles. The Morgan fingerprint density at radius 3 is 2.12 bits per heavy atom. The van der Waals surface area contributed by atoms with Gasteiger partial charge in [-0.3, -0.25) is 9.59 Å². The van der Waals surface area contributed by atoms with E-state index in [-0.39, 0.29) is 36.1 Å². The molecule has 1 rings (SSSR count). The first-order valence-electron chi connectivity index (χ1n) is 8.20. The van der Waals surface area contributed by atoms with Crippen molar-refractivity contribution < 1.29 is 9.59 Å². The lowest BCUT2D eigenvalue weighted by Crippen LogP contribution is -2.34. The third-order valence-electron chi connectivity index (χ3n) is 3.52. The molecule has 0 heterocycles. The van der Waals surface area contributed by atoms with Crippen LogP contribution in [0.1, 0.15) is 50.0 Å². The van der Waals surface area contributed by atoms with Crippen molar-refractivity contribution in [2.75, 3.05) is 26.2 Å². The fourth-order valence-electron chi connectivity index (χ4n) is 2.07. The summed E-state index contributed by atoms with van der Waals surface area (Å²) in [7, 11) is 0. The molecule has 2 amide bonds. The summed E-state index contributed by atoms with van der Waals surface area (Å²) >= 11 is 0. The Kier molecular flexibility index (Phi) is 10.3. The number of halogens is 1. The molecule has 0 aromatic heterocycles. The van der Waals surface area contributed by atoms with E-state index in [1.54, 1.807) is 0 Å². The zero-order valence-electron chi connectivity index (χ0n) is 15.1. The highest BCUT2D eigenvalue weighted by molar-refractivity contribution is 5.94. The normalized spacial score (nSPS) is 10.7. The van der Waals surface area contributed by atoms with E-state index in [2.05, 4.69) is 36.7 Å². The minimum atomic E-state index is -0.147. The van der Waals surface area contributed by atoms with Gasteiger partial charge in [-0.05, 0) is 29.7 Å². The standard InChI is InChI=1S/C18H29N3O2.ClH/c1-5-19-12-13-20-16(22)10-11-21-17(23)14-6-8-15(9-7-14)18(2,3)4;/h6-9,19H,5,10-13H2,1-4H3,(H,20,22)(H,21,23);1H. The summed E-state index contributed by atoms with van der Waals surface area (Å²) in [6.07, 6.45) is 0.290. The van der Waals surface area contributed by atoms with Gasteiger partial charge in [0, 0.05) is 31.6 Å². The van der Waals surface area contributed by atoms with E-state index in [1.807, 2.05) is 31.2 Å². The second kappa shape index (κ2) is 11.0. The lowest BCUT2D eigenvalue weighted by molar-refractivity contribution is -0.120. The van der Waals surface area contributed by atoms with Crippen LogP contribution in [-0.4, -0.2) is 38.0 Å². The molecule has 0 aliphatic rings. The summed E-state index contributed by atoms with van der Waals surface area (Å²) in [6, 6.07) is 7.60. The largest absolute Gasteiger partial charge is 0.355 e. The second-order valence-electron chi connectivity index (χ2n) is 6.54. The molecule has 0 bridgehead atoms. The molecule has 0 atom stereocenters. The highest BCUT2D eigenvalue weighted by Gasteiger charge is 2.14. The van der Waals surface area contributed by atoms with Gasteiger partial charge < -0.3 is 16.0 Å². The molecular formula is C18H30ClN3O2. The Hall–Kier alpha value is -1.59. The number of rotatable bonds is 8. The number of carbonyl (C=O) groups excluding carboxylic acids is 2. The quantitative estimate of drug-likeness (QED) is 0.626. The zero-order valence-corrected chi connectivity index (χ0v) is 15.9. The van der Waals surface area contributed by atoms with Crippen LogP contribution < -0.4 is 16.0 Å². The van der Waals surface area contributed by atoms with Crippen molar-refractivity contribution in [3.05, 3.63) is 35.4 Å². The van der Waals surface area contributed by atoms with Gasteiger partial charge in [-0.2, -0.15) is 0 Å². The van der Waals surface area contributed by atoms with Gasteiger partial charge in [0.25, 0.3) is 5.91 Å². The maximum Gasteiger partial charge on any atom is 0.251 e. The Labute approximate surface area is 151 Å². The van der Waals surface area contributed by atoms with E-state index in [1.165, 1.54) is 5.56 Å². The van der Waals surface area contributed by atoms with E-state index in [0.717, 1.165) is 13.1 Å². The van der Waals surface area contributed by atoms with Crippen molar-refractivity contribution in [3.8, 4) is 0 Å². The van der Waals surface area contributed by atoms with E-state index in [9.17, 15) is 9.59 Å². The van der Waals surface area contributed by atoms with Crippen molar-refractivity contribution >= 4 is 24.2 Å². The van der Waals surface area contributed by atoms with E-state index >= 15 is 0 Å². The fraction of sp³-hybridized carbons (Fsp3) is 0.556. The van der Waals surface area contributed by atoms with Crippen LogP contribution in [0.5, 0.6) is 0 Å². The molecule has 5 nitrogen and oxygen atoms in total. The number of carbonyl (C=O) groups is 2. The van der Waals surface area contributed by atoms with Crippen LogP contribution in [0.2, 0.25) is 0 Å². The van der Waals surface area contributed by atoms with Crippen LogP contribution in [0.4, 0.5) is 0 Å². The van der Waals surface area contributed by atoms with Crippen molar-refractivity contribution in [3.63, 3.8) is 0 Å². The van der Waals surface area contributed by atoms with Crippen molar-refractivity contribution in [2.24, 2.45) is 0 Å². The number of amides is 2. The molecule has 0 unspecified atom stereocenters. The molecule has 0 saturated heterocycles. The maximum absolute atomic E-state index is 12.0. The molecule has 6 heteroatoms. The monoisotopic (exact) mass is 355 g/mol. The van der Waals surface area contributed by atoms with Gasteiger partial charge in [-0.25, -0.2) is 0 Å². The molecule has 0 aliphatic carbocycles. The van der Waals surface area contributed by atoms with Crippen LogP contribution >= 0.6 is 12.4 Å². The van der Waals surface area contributed by atoms with Gasteiger partial charge in [0.05, 0.1) is 0 Å². The highest BCUT2D eigenvalue weighted by Crippen LogP contribution is 2.22.